The van der Waals surface area contributed by atoms with Gasteiger partial charge in [0.2, 0.25) is 0 Å². The van der Waals surface area contributed by atoms with Crippen LogP contribution in [0, 0.1) is 5.92 Å². The first-order valence-electron chi connectivity index (χ1n) is 7.30. The third kappa shape index (κ3) is 4.06. The van der Waals surface area contributed by atoms with Gasteiger partial charge in [-0.05, 0) is 42.7 Å². The topological polar surface area (TPSA) is 44.5 Å². The van der Waals surface area contributed by atoms with Crippen molar-refractivity contribution in [2.75, 3.05) is 25.7 Å². The SMILES string of the molecule is COc1ccc(OC)c(C(N)CSCC2CCCC2)c1. The Morgan fingerprint density at radius 3 is 2.65 bits per heavy atom. The van der Waals surface area contributed by atoms with Gasteiger partial charge in [-0.1, -0.05) is 12.8 Å². The third-order valence-electron chi connectivity index (χ3n) is 3.96. The average Bonchev–Trinajstić information content (AvgIpc) is 2.99. The molecule has 0 aromatic heterocycles. The molecular weight excluding hydrogens is 270 g/mol. The molecule has 0 radical (unpaired) electrons. The van der Waals surface area contributed by atoms with E-state index in [4.69, 9.17) is 15.2 Å². The second-order valence-corrected chi connectivity index (χ2v) is 6.48. The summed E-state index contributed by atoms with van der Waals surface area (Å²) in [5, 5.41) is 0. The average molecular weight is 295 g/mol. The van der Waals surface area contributed by atoms with Crippen LogP contribution in [0.2, 0.25) is 0 Å². The van der Waals surface area contributed by atoms with Gasteiger partial charge in [0.1, 0.15) is 11.5 Å². The third-order valence-corrected chi connectivity index (χ3v) is 5.26. The molecule has 1 aromatic rings. The molecule has 1 unspecified atom stereocenters. The molecule has 1 saturated carbocycles. The fourth-order valence-corrected chi connectivity index (χ4v) is 3.99. The standard InChI is InChI=1S/C16H25NO2S/c1-18-13-7-8-16(19-2)14(9-13)15(17)11-20-10-12-5-3-4-6-12/h7-9,12,15H,3-6,10-11,17H2,1-2H3. The van der Waals surface area contributed by atoms with Gasteiger partial charge in [0.25, 0.3) is 0 Å². The Morgan fingerprint density at radius 1 is 1.25 bits per heavy atom. The highest BCUT2D eigenvalue weighted by Crippen LogP contribution is 2.32. The highest BCUT2D eigenvalue weighted by atomic mass is 32.2. The van der Waals surface area contributed by atoms with Crippen LogP contribution in [-0.2, 0) is 0 Å². The number of hydrogen-bond donors (Lipinski definition) is 1. The fourth-order valence-electron chi connectivity index (χ4n) is 2.76. The molecule has 0 heterocycles. The van der Waals surface area contributed by atoms with Crippen LogP contribution in [0.4, 0.5) is 0 Å². The van der Waals surface area contributed by atoms with E-state index in [9.17, 15) is 0 Å². The van der Waals surface area contributed by atoms with Crippen LogP contribution in [0.5, 0.6) is 11.5 Å². The Kier molecular flexibility index (Phi) is 6.05. The minimum Gasteiger partial charge on any atom is -0.497 e. The van der Waals surface area contributed by atoms with E-state index in [-0.39, 0.29) is 6.04 Å². The molecule has 0 aliphatic heterocycles. The summed E-state index contributed by atoms with van der Waals surface area (Å²) in [6.07, 6.45) is 5.59. The molecule has 2 N–H and O–H groups in total. The summed E-state index contributed by atoms with van der Waals surface area (Å²) in [6.45, 7) is 0. The van der Waals surface area contributed by atoms with Crippen LogP contribution >= 0.6 is 11.8 Å². The molecule has 0 saturated heterocycles. The molecule has 0 bridgehead atoms. The van der Waals surface area contributed by atoms with Crippen LogP contribution in [-0.4, -0.2) is 25.7 Å². The van der Waals surface area contributed by atoms with Gasteiger partial charge < -0.3 is 15.2 Å². The molecule has 3 nitrogen and oxygen atoms in total. The molecule has 2 rings (SSSR count). The number of thioether (sulfide) groups is 1. The summed E-state index contributed by atoms with van der Waals surface area (Å²) in [5.41, 5.74) is 7.36. The van der Waals surface area contributed by atoms with E-state index in [1.807, 2.05) is 30.0 Å². The van der Waals surface area contributed by atoms with Gasteiger partial charge in [0.05, 0.1) is 14.2 Å². The van der Waals surface area contributed by atoms with Crippen molar-refractivity contribution >= 4 is 11.8 Å². The van der Waals surface area contributed by atoms with Gasteiger partial charge in [0.15, 0.2) is 0 Å². The first-order valence-corrected chi connectivity index (χ1v) is 8.45. The van der Waals surface area contributed by atoms with E-state index < -0.39 is 0 Å². The summed E-state index contributed by atoms with van der Waals surface area (Å²) in [7, 11) is 3.36. The summed E-state index contributed by atoms with van der Waals surface area (Å²) < 4.78 is 10.7. The van der Waals surface area contributed by atoms with Gasteiger partial charge >= 0.3 is 0 Å². The molecule has 1 atom stereocenters. The Morgan fingerprint density at radius 2 is 2.00 bits per heavy atom. The zero-order valence-corrected chi connectivity index (χ0v) is 13.2. The molecule has 1 aromatic carbocycles. The lowest BCUT2D eigenvalue weighted by Gasteiger charge is -2.17. The maximum absolute atomic E-state index is 6.32. The Labute approximate surface area is 126 Å². The zero-order chi connectivity index (χ0) is 14.4. The molecule has 112 valence electrons. The molecule has 4 heteroatoms. The predicted molar refractivity (Wildman–Crippen MR) is 85.8 cm³/mol. The first kappa shape index (κ1) is 15.5. The first-order chi connectivity index (χ1) is 9.74. The van der Waals surface area contributed by atoms with Gasteiger partial charge in [-0.25, -0.2) is 0 Å². The second-order valence-electron chi connectivity index (χ2n) is 5.40. The Bertz CT molecular complexity index is 419. The minimum absolute atomic E-state index is 0.00791. The number of nitrogens with two attached hydrogens (primary N) is 1. The molecule has 1 fully saturated rings. The minimum atomic E-state index is -0.00791. The van der Waals surface area contributed by atoms with E-state index in [1.165, 1.54) is 31.4 Å². The maximum atomic E-state index is 6.32. The van der Waals surface area contributed by atoms with Crippen molar-refractivity contribution in [3.8, 4) is 11.5 Å². The smallest absolute Gasteiger partial charge is 0.123 e. The summed E-state index contributed by atoms with van der Waals surface area (Å²) in [6, 6.07) is 5.81. The van der Waals surface area contributed by atoms with E-state index in [0.29, 0.717) is 0 Å². The number of hydrogen-bond acceptors (Lipinski definition) is 4. The van der Waals surface area contributed by atoms with E-state index in [0.717, 1.165) is 28.7 Å². The van der Waals surface area contributed by atoms with Crippen LogP contribution in [0.1, 0.15) is 37.3 Å². The van der Waals surface area contributed by atoms with E-state index >= 15 is 0 Å². The summed E-state index contributed by atoms with van der Waals surface area (Å²) in [5.74, 6) is 4.75. The second kappa shape index (κ2) is 7.79. The predicted octanol–water partition coefficient (Wildman–Crippen LogP) is 3.63. The van der Waals surface area contributed by atoms with Crippen LogP contribution in [0.3, 0.4) is 0 Å². The van der Waals surface area contributed by atoms with Crippen molar-refractivity contribution in [2.24, 2.45) is 11.7 Å². The van der Waals surface area contributed by atoms with Crippen molar-refractivity contribution in [1.82, 2.24) is 0 Å². The van der Waals surface area contributed by atoms with Crippen molar-refractivity contribution in [2.45, 2.75) is 31.7 Å². The zero-order valence-electron chi connectivity index (χ0n) is 12.4. The van der Waals surface area contributed by atoms with Gasteiger partial charge in [0, 0.05) is 17.4 Å². The van der Waals surface area contributed by atoms with Crippen molar-refractivity contribution in [3.05, 3.63) is 23.8 Å². The molecule has 1 aliphatic carbocycles. The quantitative estimate of drug-likeness (QED) is 0.834. The largest absolute Gasteiger partial charge is 0.497 e. The Balaban J connectivity index is 1.91. The maximum Gasteiger partial charge on any atom is 0.123 e. The van der Waals surface area contributed by atoms with Gasteiger partial charge in [-0.2, -0.15) is 11.8 Å². The van der Waals surface area contributed by atoms with Crippen molar-refractivity contribution in [3.63, 3.8) is 0 Å². The summed E-state index contributed by atoms with van der Waals surface area (Å²) >= 11 is 1.96. The van der Waals surface area contributed by atoms with Crippen LogP contribution in [0.25, 0.3) is 0 Å². The molecule has 1 aliphatic rings. The van der Waals surface area contributed by atoms with Crippen LogP contribution < -0.4 is 15.2 Å². The molecular formula is C16H25NO2S. The van der Waals surface area contributed by atoms with Gasteiger partial charge in [-0.3, -0.25) is 0 Å². The molecule has 20 heavy (non-hydrogen) atoms. The van der Waals surface area contributed by atoms with Crippen molar-refractivity contribution < 1.29 is 9.47 Å². The molecule has 0 spiro atoms. The van der Waals surface area contributed by atoms with Gasteiger partial charge in [-0.15, -0.1) is 0 Å². The number of rotatable bonds is 7. The monoisotopic (exact) mass is 295 g/mol. The Hall–Kier alpha value is -0.870. The lowest BCUT2D eigenvalue weighted by molar-refractivity contribution is 0.396. The number of methoxy groups -OCH3 is 2. The highest BCUT2D eigenvalue weighted by Gasteiger charge is 2.17. The number of ether oxygens (including phenoxy) is 2. The summed E-state index contributed by atoms with van der Waals surface area (Å²) in [4.78, 5) is 0. The lowest BCUT2D eigenvalue weighted by atomic mass is 10.1. The fraction of sp³-hybridized carbons (Fsp3) is 0.625. The lowest BCUT2D eigenvalue weighted by Crippen LogP contribution is -2.15. The molecule has 0 amide bonds. The highest BCUT2D eigenvalue weighted by molar-refractivity contribution is 7.99. The van der Waals surface area contributed by atoms with Crippen LogP contribution in [0.15, 0.2) is 18.2 Å². The number of benzene rings is 1. The van der Waals surface area contributed by atoms with E-state index in [2.05, 4.69) is 0 Å². The van der Waals surface area contributed by atoms with E-state index in [1.54, 1.807) is 14.2 Å². The normalized spacial score (nSPS) is 17.1. The van der Waals surface area contributed by atoms with Crippen molar-refractivity contribution in [1.29, 1.82) is 0 Å².